The van der Waals surface area contributed by atoms with E-state index in [0.29, 0.717) is 17.6 Å². The number of carbonyl (C=O) groups is 1. The maximum atomic E-state index is 13.3. The lowest BCUT2D eigenvalue weighted by Crippen LogP contribution is -2.30. The molecule has 0 bridgehead atoms. The van der Waals surface area contributed by atoms with Crippen LogP contribution >= 0.6 is 0 Å². The van der Waals surface area contributed by atoms with Gasteiger partial charge in [0.2, 0.25) is 0 Å². The highest BCUT2D eigenvalue weighted by atomic mass is 19.1. The molecule has 0 unspecified atom stereocenters. The highest BCUT2D eigenvalue weighted by molar-refractivity contribution is 5.94. The molecule has 5 nitrogen and oxygen atoms in total. The molecule has 1 fully saturated rings. The lowest BCUT2D eigenvalue weighted by Gasteiger charge is -2.22. The molecule has 0 spiro atoms. The number of benzene rings is 1. The van der Waals surface area contributed by atoms with Gasteiger partial charge in [-0.1, -0.05) is 0 Å². The molecule has 2 N–H and O–H groups in total. The maximum absolute atomic E-state index is 13.3. The van der Waals surface area contributed by atoms with Gasteiger partial charge in [-0.25, -0.2) is 9.37 Å². The largest absolute Gasteiger partial charge is 0.367 e. The molecule has 22 heavy (non-hydrogen) atoms. The van der Waals surface area contributed by atoms with Gasteiger partial charge in [-0.05, 0) is 37.1 Å². The van der Waals surface area contributed by atoms with Gasteiger partial charge in [-0.3, -0.25) is 4.79 Å². The number of aromatic nitrogens is 3. The molecule has 0 radical (unpaired) electrons. The van der Waals surface area contributed by atoms with Crippen LogP contribution in [-0.2, 0) is 0 Å². The summed E-state index contributed by atoms with van der Waals surface area (Å²) in [5, 5.41) is 0. The zero-order valence-corrected chi connectivity index (χ0v) is 11.8. The molecule has 1 atom stereocenters. The number of H-pyrrole nitrogens is 2. The number of likely N-dealkylation sites (tertiary alicyclic amines) is 1. The monoisotopic (exact) mass is 298 g/mol. The van der Waals surface area contributed by atoms with Crippen molar-refractivity contribution in [3.63, 3.8) is 0 Å². The van der Waals surface area contributed by atoms with Gasteiger partial charge in [-0.15, -0.1) is 0 Å². The highest BCUT2D eigenvalue weighted by Gasteiger charge is 2.32. The molecule has 6 heteroatoms. The smallest absolute Gasteiger partial charge is 0.256 e. The Bertz CT molecular complexity index is 824. The first kappa shape index (κ1) is 13.1. The predicted octanol–water partition coefficient (Wildman–Crippen LogP) is 3.01. The number of amides is 1. The maximum Gasteiger partial charge on any atom is 0.256 e. The Labute approximate surface area is 126 Å². The number of carbonyl (C=O) groups excluding carboxylic acids is 1. The van der Waals surface area contributed by atoms with E-state index in [0.717, 1.165) is 24.2 Å². The minimum atomic E-state index is -0.297. The molecule has 1 amide bonds. The van der Waals surface area contributed by atoms with Gasteiger partial charge in [0, 0.05) is 18.9 Å². The minimum absolute atomic E-state index is 0.00427. The van der Waals surface area contributed by atoms with Crippen LogP contribution in [-0.4, -0.2) is 32.3 Å². The summed E-state index contributed by atoms with van der Waals surface area (Å²) < 4.78 is 13.3. The summed E-state index contributed by atoms with van der Waals surface area (Å²) >= 11 is 0. The lowest BCUT2D eigenvalue weighted by atomic mass is 10.2. The van der Waals surface area contributed by atoms with Crippen LogP contribution in [0.3, 0.4) is 0 Å². The van der Waals surface area contributed by atoms with Crippen LogP contribution in [0.5, 0.6) is 0 Å². The van der Waals surface area contributed by atoms with Crippen LogP contribution in [0.4, 0.5) is 4.39 Å². The van der Waals surface area contributed by atoms with Crippen molar-refractivity contribution in [3.8, 4) is 0 Å². The number of nitrogens with zero attached hydrogens (tertiary/aromatic N) is 2. The Morgan fingerprint density at radius 3 is 3.09 bits per heavy atom. The van der Waals surface area contributed by atoms with Crippen molar-refractivity contribution < 1.29 is 9.18 Å². The van der Waals surface area contributed by atoms with Crippen molar-refractivity contribution in [1.82, 2.24) is 19.9 Å². The van der Waals surface area contributed by atoms with Crippen molar-refractivity contribution in [2.45, 2.75) is 18.9 Å². The number of imidazole rings is 1. The normalized spacial score (nSPS) is 18.2. The molecule has 0 saturated carbocycles. The van der Waals surface area contributed by atoms with Gasteiger partial charge in [-0.2, -0.15) is 0 Å². The fourth-order valence-corrected chi connectivity index (χ4v) is 3.08. The Hall–Kier alpha value is -2.63. The van der Waals surface area contributed by atoms with Gasteiger partial charge in [0.05, 0.1) is 22.6 Å². The third-order valence-corrected chi connectivity index (χ3v) is 4.14. The van der Waals surface area contributed by atoms with Gasteiger partial charge < -0.3 is 14.9 Å². The quantitative estimate of drug-likeness (QED) is 0.764. The SMILES string of the molecule is O=C(c1cc[nH]c1)N1CCC[C@H]1c1nc2ccc(F)cc2[nH]1. The van der Waals surface area contributed by atoms with E-state index in [4.69, 9.17) is 0 Å². The summed E-state index contributed by atoms with van der Waals surface area (Å²) in [6.07, 6.45) is 5.23. The summed E-state index contributed by atoms with van der Waals surface area (Å²) in [4.78, 5) is 25.0. The number of nitrogens with one attached hydrogen (secondary N) is 2. The zero-order valence-electron chi connectivity index (χ0n) is 11.8. The number of fused-ring (bicyclic) bond motifs is 1. The van der Waals surface area contributed by atoms with Gasteiger partial charge >= 0.3 is 0 Å². The van der Waals surface area contributed by atoms with E-state index < -0.39 is 0 Å². The molecule has 1 aliphatic rings. The van der Waals surface area contributed by atoms with E-state index in [-0.39, 0.29) is 17.8 Å². The van der Waals surface area contributed by atoms with Crippen LogP contribution in [0.25, 0.3) is 11.0 Å². The van der Waals surface area contributed by atoms with E-state index >= 15 is 0 Å². The first-order valence-corrected chi connectivity index (χ1v) is 7.31. The van der Waals surface area contributed by atoms with Crippen LogP contribution in [0.2, 0.25) is 0 Å². The molecule has 112 valence electrons. The van der Waals surface area contributed by atoms with Crippen LogP contribution in [0, 0.1) is 5.82 Å². The van der Waals surface area contributed by atoms with Crippen molar-refractivity contribution in [2.24, 2.45) is 0 Å². The first-order chi connectivity index (χ1) is 10.7. The predicted molar refractivity (Wildman–Crippen MR) is 79.9 cm³/mol. The zero-order chi connectivity index (χ0) is 15.1. The molecule has 3 heterocycles. The van der Waals surface area contributed by atoms with Crippen LogP contribution in [0.15, 0.2) is 36.7 Å². The third kappa shape index (κ3) is 2.07. The van der Waals surface area contributed by atoms with Crippen molar-refractivity contribution >= 4 is 16.9 Å². The standard InChI is InChI=1S/C16H15FN4O/c17-11-3-4-12-13(8-11)20-15(19-12)14-2-1-7-21(14)16(22)10-5-6-18-9-10/h3-6,8-9,14,18H,1-2,7H2,(H,19,20)/t14-/m0/s1. The number of rotatable bonds is 2. The summed E-state index contributed by atoms with van der Waals surface area (Å²) in [6, 6.07) is 6.16. The van der Waals surface area contributed by atoms with Crippen molar-refractivity contribution in [3.05, 3.63) is 53.9 Å². The minimum Gasteiger partial charge on any atom is -0.367 e. The number of aromatic amines is 2. The Morgan fingerprint density at radius 1 is 1.36 bits per heavy atom. The lowest BCUT2D eigenvalue weighted by molar-refractivity contribution is 0.0731. The molecule has 0 aliphatic carbocycles. The highest BCUT2D eigenvalue weighted by Crippen LogP contribution is 2.32. The average Bonchev–Trinajstić information content (AvgIpc) is 3.24. The van der Waals surface area contributed by atoms with Gasteiger partial charge in [0.15, 0.2) is 0 Å². The summed E-state index contributed by atoms with van der Waals surface area (Å²) in [5.74, 6) is 0.423. The van der Waals surface area contributed by atoms with Crippen LogP contribution < -0.4 is 0 Å². The van der Waals surface area contributed by atoms with Gasteiger partial charge in [0.1, 0.15) is 11.6 Å². The molecule has 1 aliphatic heterocycles. The summed E-state index contributed by atoms with van der Waals surface area (Å²) in [7, 11) is 0. The van der Waals surface area contributed by atoms with Gasteiger partial charge in [0.25, 0.3) is 5.91 Å². The molecule has 4 rings (SSSR count). The topological polar surface area (TPSA) is 64.8 Å². The average molecular weight is 298 g/mol. The fraction of sp³-hybridized carbons (Fsp3) is 0.250. The number of halogens is 1. The van der Waals surface area contributed by atoms with E-state index in [2.05, 4.69) is 15.0 Å². The third-order valence-electron chi connectivity index (χ3n) is 4.14. The molecule has 1 saturated heterocycles. The summed E-state index contributed by atoms with van der Waals surface area (Å²) in [6.45, 7) is 0.708. The Balaban J connectivity index is 1.68. The van der Waals surface area contributed by atoms with Crippen molar-refractivity contribution in [2.75, 3.05) is 6.54 Å². The second kappa shape index (κ2) is 4.98. The van der Waals surface area contributed by atoms with Crippen LogP contribution in [0.1, 0.15) is 35.1 Å². The van der Waals surface area contributed by atoms with E-state index in [1.807, 2.05) is 4.90 Å². The van der Waals surface area contributed by atoms with E-state index in [1.54, 1.807) is 24.5 Å². The van der Waals surface area contributed by atoms with E-state index in [1.165, 1.54) is 12.1 Å². The Kier molecular flexibility index (Phi) is 2.96. The number of hydrogen-bond donors (Lipinski definition) is 2. The summed E-state index contributed by atoms with van der Waals surface area (Å²) in [5.41, 5.74) is 2.03. The number of hydrogen-bond acceptors (Lipinski definition) is 2. The Morgan fingerprint density at radius 2 is 2.27 bits per heavy atom. The molecular weight excluding hydrogens is 283 g/mol. The van der Waals surface area contributed by atoms with Crippen molar-refractivity contribution in [1.29, 1.82) is 0 Å². The second-order valence-electron chi connectivity index (χ2n) is 5.54. The molecular formula is C16H15FN4O. The first-order valence-electron chi connectivity index (χ1n) is 7.31. The second-order valence-corrected chi connectivity index (χ2v) is 5.54. The fourth-order valence-electron chi connectivity index (χ4n) is 3.08. The van der Waals surface area contributed by atoms with E-state index in [9.17, 15) is 9.18 Å². The molecule has 2 aromatic heterocycles. The molecule has 3 aromatic rings. The molecule has 1 aromatic carbocycles.